The third kappa shape index (κ3) is 1.44. The van der Waals surface area contributed by atoms with Crippen LogP contribution in [-0.2, 0) is 0 Å². The second-order valence-electron chi connectivity index (χ2n) is 3.61. The van der Waals surface area contributed by atoms with Crippen LogP contribution >= 0.6 is 0 Å². The molecule has 0 bridgehead atoms. The van der Waals surface area contributed by atoms with Crippen molar-refractivity contribution in [2.45, 2.75) is 13.0 Å². The molecule has 0 radical (unpaired) electrons. The highest BCUT2D eigenvalue weighted by Crippen LogP contribution is 2.23. The van der Waals surface area contributed by atoms with Crippen molar-refractivity contribution in [3.63, 3.8) is 0 Å². The fraction of sp³-hybridized carbons (Fsp3) is 0.154. The molecule has 0 spiro atoms. The van der Waals surface area contributed by atoms with Crippen molar-refractivity contribution < 1.29 is 0 Å². The van der Waals surface area contributed by atoms with Gasteiger partial charge in [-0.1, -0.05) is 36.4 Å². The topological polar surface area (TPSA) is 26.0 Å². The number of allylic oxidation sites excluding steroid dienone is 1. The second-order valence-corrected chi connectivity index (χ2v) is 3.61. The third-order valence-electron chi connectivity index (χ3n) is 2.44. The summed E-state index contributed by atoms with van der Waals surface area (Å²) in [6.45, 7) is 5.90. The maximum absolute atomic E-state index is 5.78. The summed E-state index contributed by atoms with van der Waals surface area (Å²) < 4.78 is 0. The van der Waals surface area contributed by atoms with E-state index in [4.69, 9.17) is 5.73 Å². The molecule has 0 aromatic heterocycles. The predicted octanol–water partition coefficient (Wildman–Crippen LogP) is 2.60. The Labute approximate surface area is 84.3 Å². The summed E-state index contributed by atoms with van der Waals surface area (Å²) in [5.74, 6) is 0. The van der Waals surface area contributed by atoms with Gasteiger partial charge in [0.1, 0.15) is 0 Å². The maximum atomic E-state index is 5.78. The molecule has 0 amide bonds. The summed E-state index contributed by atoms with van der Waals surface area (Å²) in [6, 6.07) is 8.33. The lowest BCUT2D eigenvalue weighted by Crippen LogP contribution is -2.22. The zero-order valence-corrected chi connectivity index (χ0v) is 8.25. The van der Waals surface area contributed by atoms with E-state index in [-0.39, 0.29) is 6.04 Å². The van der Waals surface area contributed by atoms with Crippen LogP contribution in [0.1, 0.15) is 18.1 Å². The summed E-state index contributed by atoms with van der Waals surface area (Å²) in [5.41, 5.74) is 13.4. The van der Waals surface area contributed by atoms with Gasteiger partial charge < -0.3 is 5.73 Å². The number of nitrogens with two attached hydrogens (primary N) is 1. The first-order valence-corrected chi connectivity index (χ1v) is 4.67. The van der Waals surface area contributed by atoms with Crippen LogP contribution in [0.15, 0.2) is 42.7 Å². The monoisotopic (exact) mass is 183 g/mol. The molecule has 2 rings (SSSR count). The predicted molar refractivity (Wildman–Crippen MR) is 60.6 cm³/mol. The van der Waals surface area contributed by atoms with Gasteiger partial charge in [-0.25, -0.2) is 0 Å². The molecule has 1 heteroatoms. The van der Waals surface area contributed by atoms with Crippen molar-refractivity contribution in [3.8, 4) is 0 Å². The van der Waals surface area contributed by atoms with Crippen LogP contribution in [0.2, 0.25) is 0 Å². The van der Waals surface area contributed by atoms with Crippen molar-refractivity contribution in [3.05, 3.63) is 53.8 Å². The molecule has 0 saturated heterocycles. The largest absolute Gasteiger partial charge is 0.320 e. The first-order valence-electron chi connectivity index (χ1n) is 4.67. The van der Waals surface area contributed by atoms with E-state index in [9.17, 15) is 0 Å². The molecule has 0 unspecified atom stereocenters. The van der Waals surface area contributed by atoms with Crippen molar-refractivity contribution >= 4 is 11.1 Å². The van der Waals surface area contributed by atoms with Crippen LogP contribution in [0.3, 0.4) is 0 Å². The molecule has 1 aromatic carbocycles. The minimum atomic E-state index is 0.0608. The lowest BCUT2D eigenvalue weighted by molar-refractivity contribution is 1.02. The Balaban J connectivity index is 2.31. The Morgan fingerprint density at radius 3 is 2.36 bits per heavy atom. The number of hydrogen-bond donors (Lipinski definition) is 1. The number of hydrogen-bond acceptors (Lipinski definition) is 1. The van der Waals surface area contributed by atoms with E-state index in [1.165, 1.54) is 5.56 Å². The zero-order valence-electron chi connectivity index (χ0n) is 8.25. The van der Waals surface area contributed by atoms with Gasteiger partial charge in [0.25, 0.3) is 0 Å². The molecule has 2 N–H and O–H groups in total. The lowest BCUT2D eigenvalue weighted by atomic mass is 9.92. The summed E-state index contributed by atoms with van der Waals surface area (Å²) in [7, 11) is 0. The molecule has 1 aromatic rings. The normalized spacial score (nSPS) is 18.7. The highest BCUT2D eigenvalue weighted by molar-refractivity contribution is 5.76. The van der Waals surface area contributed by atoms with Crippen molar-refractivity contribution in [1.29, 1.82) is 0 Å². The van der Waals surface area contributed by atoms with Crippen LogP contribution in [0.25, 0.3) is 11.1 Å². The molecule has 1 nitrogen and oxygen atoms in total. The summed E-state index contributed by atoms with van der Waals surface area (Å²) in [6.07, 6.45) is 1.88. The van der Waals surface area contributed by atoms with E-state index in [0.29, 0.717) is 0 Å². The first-order chi connectivity index (χ1) is 6.68. The molecule has 0 heterocycles. The number of benzene rings is 1. The van der Waals surface area contributed by atoms with E-state index in [2.05, 4.69) is 36.6 Å². The van der Waals surface area contributed by atoms with E-state index in [0.717, 1.165) is 16.7 Å². The molecule has 14 heavy (non-hydrogen) atoms. The third-order valence-corrected chi connectivity index (χ3v) is 2.44. The van der Waals surface area contributed by atoms with E-state index in [1.54, 1.807) is 0 Å². The average molecular weight is 183 g/mol. The van der Waals surface area contributed by atoms with Crippen LogP contribution in [-0.4, -0.2) is 6.04 Å². The lowest BCUT2D eigenvalue weighted by Gasteiger charge is -2.15. The fourth-order valence-corrected chi connectivity index (χ4v) is 1.47. The maximum Gasteiger partial charge on any atom is 0.0635 e. The highest BCUT2D eigenvalue weighted by Gasteiger charge is 2.13. The molecule has 1 aliphatic carbocycles. The summed E-state index contributed by atoms with van der Waals surface area (Å²) in [5, 5.41) is 0. The molecule has 70 valence electrons. The molecule has 1 aliphatic rings. The van der Waals surface area contributed by atoms with Gasteiger partial charge >= 0.3 is 0 Å². The average Bonchev–Trinajstić information content (AvgIpc) is 2.16. The molecule has 0 aliphatic heterocycles. The van der Waals surface area contributed by atoms with Crippen LogP contribution in [0, 0.1) is 0 Å². The Hall–Kier alpha value is -1.56. The van der Waals surface area contributed by atoms with E-state index < -0.39 is 0 Å². The Morgan fingerprint density at radius 1 is 1.36 bits per heavy atom. The molecular formula is C13H13N. The van der Waals surface area contributed by atoms with Crippen LogP contribution in [0.4, 0.5) is 0 Å². The SMILES string of the molecule is C=C(C)c1ccc(C2=C=C[C@H]2N)cc1. The van der Waals surface area contributed by atoms with E-state index >= 15 is 0 Å². The Morgan fingerprint density at radius 2 is 2.00 bits per heavy atom. The molecule has 0 saturated carbocycles. The molecule has 0 fully saturated rings. The fourth-order valence-electron chi connectivity index (χ4n) is 1.47. The van der Waals surface area contributed by atoms with Gasteiger partial charge in [-0.2, -0.15) is 0 Å². The summed E-state index contributed by atoms with van der Waals surface area (Å²) >= 11 is 0. The standard InChI is InChI=1S/C13H13N/c1-9(2)10-3-5-11(6-4-10)12-7-8-13(12)14/h3-6,8,13H,1,14H2,2H3/t13-/m1/s1. The van der Waals surface area contributed by atoms with Gasteiger partial charge in [-0.3, -0.25) is 0 Å². The van der Waals surface area contributed by atoms with Crippen molar-refractivity contribution in [2.75, 3.05) is 0 Å². The number of rotatable bonds is 2. The van der Waals surface area contributed by atoms with Gasteiger partial charge in [-0.15, -0.1) is 5.73 Å². The molecular weight excluding hydrogens is 170 g/mol. The smallest absolute Gasteiger partial charge is 0.0635 e. The van der Waals surface area contributed by atoms with E-state index in [1.807, 2.05) is 13.0 Å². The Kier molecular flexibility index (Phi) is 2.12. The van der Waals surface area contributed by atoms with Gasteiger partial charge in [0.2, 0.25) is 0 Å². The minimum Gasteiger partial charge on any atom is -0.320 e. The van der Waals surface area contributed by atoms with Gasteiger partial charge in [0, 0.05) is 5.57 Å². The van der Waals surface area contributed by atoms with Gasteiger partial charge in [-0.05, 0) is 24.1 Å². The van der Waals surface area contributed by atoms with Gasteiger partial charge in [0.15, 0.2) is 0 Å². The molecule has 1 atom stereocenters. The highest BCUT2D eigenvalue weighted by atomic mass is 14.6. The minimum absolute atomic E-state index is 0.0608. The second kappa shape index (κ2) is 3.30. The Bertz CT molecular complexity index is 431. The van der Waals surface area contributed by atoms with Crippen molar-refractivity contribution in [1.82, 2.24) is 0 Å². The van der Waals surface area contributed by atoms with Crippen molar-refractivity contribution in [2.24, 2.45) is 5.73 Å². The zero-order chi connectivity index (χ0) is 10.1. The quantitative estimate of drug-likeness (QED) is 0.701. The van der Waals surface area contributed by atoms with Crippen LogP contribution in [0.5, 0.6) is 0 Å². The van der Waals surface area contributed by atoms with Gasteiger partial charge in [0.05, 0.1) is 6.04 Å². The van der Waals surface area contributed by atoms with Crippen LogP contribution < -0.4 is 5.73 Å². The summed E-state index contributed by atoms with van der Waals surface area (Å²) in [4.78, 5) is 0. The first kappa shape index (κ1) is 9.01.